The normalized spacial score (nSPS) is 21.2. The zero-order valence-corrected chi connectivity index (χ0v) is 15.2. The van der Waals surface area contributed by atoms with Crippen LogP contribution in [-0.2, 0) is 4.79 Å². The third-order valence-electron chi connectivity index (χ3n) is 5.25. The van der Waals surface area contributed by atoms with Crippen molar-refractivity contribution in [3.8, 4) is 0 Å². The predicted octanol–water partition coefficient (Wildman–Crippen LogP) is 1.68. The van der Waals surface area contributed by atoms with Gasteiger partial charge < -0.3 is 20.9 Å². The maximum atomic E-state index is 12.3. The number of primary amides is 1. The summed E-state index contributed by atoms with van der Waals surface area (Å²) in [5.74, 6) is -0.267. The fourth-order valence-corrected chi connectivity index (χ4v) is 3.69. The van der Waals surface area contributed by atoms with Crippen LogP contribution in [0.4, 0.5) is 4.79 Å². The number of nitrogens with zero attached hydrogens (tertiary/aromatic N) is 2. The van der Waals surface area contributed by atoms with Crippen LogP contribution in [0.3, 0.4) is 0 Å². The molecule has 0 spiro atoms. The summed E-state index contributed by atoms with van der Waals surface area (Å²) in [6.45, 7) is 4.40. The summed E-state index contributed by atoms with van der Waals surface area (Å²) in [7, 11) is 0. The molecule has 0 saturated carbocycles. The van der Waals surface area contributed by atoms with Crippen LogP contribution in [0.25, 0.3) is 5.57 Å². The molecule has 0 aromatic heterocycles. The fraction of sp³-hybridized carbons (Fsp3) is 0.500. The Morgan fingerprint density at radius 2 is 2.00 bits per heavy atom. The monoisotopic (exact) mass is 356 g/mol. The maximum absolute atomic E-state index is 12.3. The Hall–Kier alpha value is -2.34. The lowest BCUT2D eigenvalue weighted by molar-refractivity contribution is -0.123. The summed E-state index contributed by atoms with van der Waals surface area (Å²) >= 11 is 0. The van der Waals surface area contributed by atoms with E-state index in [2.05, 4.69) is 28.4 Å². The van der Waals surface area contributed by atoms with E-state index in [9.17, 15) is 9.59 Å². The molecule has 1 atom stereocenters. The number of nitrogens with one attached hydrogen (secondary N) is 1. The first-order valence-electron chi connectivity index (χ1n) is 9.42. The van der Waals surface area contributed by atoms with Crippen LogP contribution >= 0.6 is 0 Å². The van der Waals surface area contributed by atoms with Crippen molar-refractivity contribution in [1.82, 2.24) is 15.1 Å². The van der Waals surface area contributed by atoms with Gasteiger partial charge in [-0.15, -0.1) is 0 Å². The van der Waals surface area contributed by atoms with E-state index in [0.717, 1.165) is 38.9 Å². The molecule has 6 heteroatoms. The van der Waals surface area contributed by atoms with Gasteiger partial charge in [0.2, 0.25) is 5.91 Å². The smallest absolute Gasteiger partial charge is 0.317 e. The number of benzene rings is 1. The van der Waals surface area contributed by atoms with Crippen LogP contribution in [0.15, 0.2) is 36.4 Å². The number of likely N-dealkylation sites (tertiary alicyclic amines) is 1. The largest absolute Gasteiger partial charge is 0.369 e. The van der Waals surface area contributed by atoms with Gasteiger partial charge >= 0.3 is 6.03 Å². The fourth-order valence-electron chi connectivity index (χ4n) is 3.69. The molecular formula is C20H28N4O2. The van der Waals surface area contributed by atoms with Crippen molar-refractivity contribution in [3.63, 3.8) is 0 Å². The van der Waals surface area contributed by atoms with Gasteiger partial charge in [-0.25, -0.2) is 4.79 Å². The van der Waals surface area contributed by atoms with Gasteiger partial charge in [-0.2, -0.15) is 0 Å². The van der Waals surface area contributed by atoms with Crippen LogP contribution in [0.5, 0.6) is 0 Å². The van der Waals surface area contributed by atoms with Crippen LogP contribution in [-0.4, -0.2) is 61.0 Å². The third kappa shape index (κ3) is 4.85. The minimum Gasteiger partial charge on any atom is -0.369 e. The highest BCUT2D eigenvalue weighted by atomic mass is 16.2. The highest BCUT2D eigenvalue weighted by Crippen LogP contribution is 2.22. The zero-order chi connectivity index (χ0) is 18.4. The molecule has 26 heavy (non-hydrogen) atoms. The van der Waals surface area contributed by atoms with Gasteiger partial charge in [0, 0.05) is 32.7 Å². The summed E-state index contributed by atoms with van der Waals surface area (Å²) in [5, 5.41) is 3.00. The van der Waals surface area contributed by atoms with Gasteiger partial charge in [0.25, 0.3) is 0 Å². The quantitative estimate of drug-likeness (QED) is 0.843. The minimum atomic E-state index is -0.215. The molecule has 3 rings (SSSR count). The molecule has 2 heterocycles. The average Bonchev–Trinajstić information content (AvgIpc) is 2.69. The predicted molar refractivity (Wildman–Crippen MR) is 102 cm³/mol. The van der Waals surface area contributed by atoms with Gasteiger partial charge in [0.05, 0.1) is 5.92 Å². The van der Waals surface area contributed by atoms with Crippen molar-refractivity contribution < 1.29 is 9.59 Å². The van der Waals surface area contributed by atoms with E-state index < -0.39 is 0 Å². The van der Waals surface area contributed by atoms with Crippen LogP contribution < -0.4 is 11.1 Å². The molecule has 2 aliphatic rings. The third-order valence-corrected chi connectivity index (χ3v) is 5.25. The summed E-state index contributed by atoms with van der Waals surface area (Å²) in [4.78, 5) is 27.7. The molecule has 1 unspecified atom stereocenters. The van der Waals surface area contributed by atoms with Crippen LogP contribution in [0.2, 0.25) is 0 Å². The molecule has 3 N–H and O–H groups in total. The van der Waals surface area contributed by atoms with E-state index in [1.54, 1.807) is 0 Å². The number of carbonyl (C=O) groups is 2. The molecule has 1 fully saturated rings. The Bertz CT molecular complexity index is 659. The molecular weight excluding hydrogens is 328 g/mol. The SMILES string of the molecule is NC(=O)C1CCCN(CCNC(=O)N2CC=C(c3ccccc3)CC2)C1. The Morgan fingerprint density at radius 3 is 2.69 bits per heavy atom. The number of piperidine rings is 1. The van der Waals surface area contributed by atoms with E-state index in [-0.39, 0.29) is 17.9 Å². The highest BCUT2D eigenvalue weighted by molar-refractivity contribution is 5.77. The second-order valence-electron chi connectivity index (χ2n) is 7.07. The molecule has 6 nitrogen and oxygen atoms in total. The second kappa shape index (κ2) is 8.85. The van der Waals surface area contributed by atoms with Gasteiger partial charge in [0.15, 0.2) is 0 Å². The van der Waals surface area contributed by atoms with E-state index >= 15 is 0 Å². The molecule has 1 saturated heterocycles. The van der Waals surface area contributed by atoms with Crippen molar-refractivity contribution >= 4 is 17.5 Å². The van der Waals surface area contributed by atoms with Gasteiger partial charge in [-0.05, 0) is 36.9 Å². The lowest BCUT2D eigenvalue weighted by Gasteiger charge is -2.31. The molecule has 3 amide bonds. The minimum absolute atomic E-state index is 0.0168. The Morgan fingerprint density at radius 1 is 1.19 bits per heavy atom. The second-order valence-corrected chi connectivity index (χ2v) is 7.07. The summed E-state index contributed by atoms with van der Waals surface area (Å²) in [6.07, 6.45) is 4.88. The Balaban J connectivity index is 1.41. The lowest BCUT2D eigenvalue weighted by atomic mass is 9.97. The number of amides is 3. The van der Waals surface area contributed by atoms with Crippen LogP contribution in [0, 0.1) is 5.92 Å². The molecule has 0 radical (unpaired) electrons. The van der Waals surface area contributed by atoms with E-state index in [1.807, 2.05) is 23.1 Å². The highest BCUT2D eigenvalue weighted by Gasteiger charge is 2.24. The first-order chi connectivity index (χ1) is 12.6. The number of hydrogen-bond acceptors (Lipinski definition) is 3. The number of urea groups is 1. The lowest BCUT2D eigenvalue weighted by Crippen LogP contribution is -2.47. The molecule has 0 bridgehead atoms. The van der Waals surface area contributed by atoms with Gasteiger partial charge in [0.1, 0.15) is 0 Å². The number of hydrogen-bond donors (Lipinski definition) is 2. The topological polar surface area (TPSA) is 78.7 Å². The molecule has 1 aromatic carbocycles. The molecule has 2 aliphatic heterocycles. The summed E-state index contributed by atoms with van der Waals surface area (Å²) in [6, 6.07) is 10.3. The molecule has 140 valence electrons. The van der Waals surface area contributed by atoms with E-state index in [1.165, 1.54) is 11.1 Å². The van der Waals surface area contributed by atoms with Gasteiger partial charge in [-0.1, -0.05) is 36.4 Å². The number of carbonyl (C=O) groups excluding carboxylic acids is 2. The zero-order valence-electron chi connectivity index (χ0n) is 15.2. The molecule has 0 aliphatic carbocycles. The van der Waals surface area contributed by atoms with Crippen molar-refractivity contribution in [3.05, 3.63) is 42.0 Å². The van der Waals surface area contributed by atoms with Crippen molar-refractivity contribution in [1.29, 1.82) is 0 Å². The first-order valence-corrected chi connectivity index (χ1v) is 9.42. The first kappa shape index (κ1) is 18.5. The summed E-state index contributed by atoms with van der Waals surface area (Å²) in [5.41, 5.74) is 7.95. The standard InChI is InChI=1S/C20H28N4O2/c21-19(25)18-7-4-11-23(15-18)14-10-22-20(26)24-12-8-17(9-13-24)16-5-2-1-3-6-16/h1-3,5-6,8,18H,4,7,9-15H2,(H2,21,25)(H,22,26). The van der Waals surface area contributed by atoms with Gasteiger partial charge in [-0.3, -0.25) is 4.79 Å². The number of nitrogens with two attached hydrogens (primary N) is 1. The molecule has 1 aromatic rings. The Kier molecular flexibility index (Phi) is 6.28. The number of rotatable bonds is 5. The van der Waals surface area contributed by atoms with Crippen molar-refractivity contribution in [2.24, 2.45) is 11.7 Å². The van der Waals surface area contributed by atoms with Crippen molar-refractivity contribution in [2.45, 2.75) is 19.3 Å². The van der Waals surface area contributed by atoms with Crippen LogP contribution in [0.1, 0.15) is 24.8 Å². The van der Waals surface area contributed by atoms with E-state index in [4.69, 9.17) is 5.73 Å². The maximum Gasteiger partial charge on any atom is 0.317 e. The van der Waals surface area contributed by atoms with E-state index in [0.29, 0.717) is 19.6 Å². The van der Waals surface area contributed by atoms with Crippen molar-refractivity contribution in [2.75, 3.05) is 39.3 Å². The Labute approximate surface area is 155 Å². The summed E-state index contributed by atoms with van der Waals surface area (Å²) < 4.78 is 0. The average molecular weight is 356 g/mol.